The maximum Gasteiger partial charge on any atom is 0.305 e. The van der Waals surface area contributed by atoms with Gasteiger partial charge in [0.15, 0.2) is 0 Å². The molecule has 134 valence electrons. The third-order valence-corrected chi connectivity index (χ3v) is 4.11. The highest BCUT2D eigenvalue weighted by atomic mass is 35.5. The van der Waals surface area contributed by atoms with Crippen molar-refractivity contribution >= 4 is 23.5 Å². The quantitative estimate of drug-likeness (QED) is 0.817. The molecule has 0 unspecified atom stereocenters. The first-order valence-corrected chi connectivity index (χ1v) is 8.49. The van der Waals surface area contributed by atoms with Gasteiger partial charge in [-0.15, -0.1) is 0 Å². The molecular weight excluding hydrogens is 342 g/mol. The lowest BCUT2D eigenvalue weighted by Crippen LogP contribution is -2.36. The standard InChI is InChI=1S/C18H22ClN3O3/c1-12(2)11-21(9-8-17(23)24)18(25)14-10-20-22(13(14)3)16-7-5-4-6-15(16)19/h4-7,10,12H,8-9,11H2,1-3H3,(H,23,24). The van der Waals surface area contributed by atoms with Gasteiger partial charge >= 0.3 is 5.97 Å². The fraction of sp³-hybridized carbons (Fsp3) is 0.389. The number of aromatic nitrogens is 2. The van der Waals surface area contributed by atoms with E-state index >= 15 is 0 Å². The summed E-state index contributed by atoms with van der Waals surface area (Å²) >= 11 is 6.21. The zero-order valence-electron chi connectivity index (χ0n) is 14.6. The number of hydrogen-bond acceptors (Lipinski definition) is 3. The van der Waals surface area contributed by atoms with Gasteiger partial charge in [0.05, 0.1) is 34.6 Å². The summed E-state index contributed by atoms with van der Waals surface area (Å²) in [5, 5.41) is 13.8. The van der Waals surface area contributed by atoms with Gasteiger partial charge in [0, 0.05) is 13.1 Å². The number of carbonyl (C=O) groups excluding carboxylic acids is 1. The highest BCUT2D eigenvalue weighted by molar-refractivity contribution is 6.32. The Labute approximate surface area is 152 Å². The Balaban J connectivity index is 2.31. The average Bonchev–Trinajstić information content (AvgIpc) is 2.92. The van der Waals surface area contributed by atoms with Crippen LogP contribution in [0.15, 0.2) is 30.5 Å². The van der Waals surface area contributed by atoms with E-state index in [4.69, 9.17) is 16.7 Å². The predicted molar refractivity (Wildman–Crippen MR) is 96.3 cm³/mol. The van der Waals surface area contributed by atoms with Gasteiger partial charge in [-0.1, -0.05) is 37.6 Å². The van der Waals surface area contributed by atoms with Gasteiger partial charge in [0.25, 0.3) is 5.91 Å². The van der Waals surface area contributed by atoms with Crippen LogP contribution in [-0.2, 0) is 4.79 Å². The normalized spacial score (nSPS) is 10.9. The van der Waals surface area contributed by atoms with E-state index in [1.807, 2.05) is 32.0 Å². The van der Waals surface area contributed by atoms with Crippen LogP contribution in [0.4, 0.5) is 0 Å². The SMILES string of the molecule is Cc1c(C(=O)N(CCC(=O)O)CC(C)C)cnn1-c1ccccc1Cl. The lowest BCUT2D eigenvalue weighted by atomic mass is 10.1. The van der Waals surface area contributed by atoms with Crippen molar-refractivity contribution in [3.8, 4) is 5.69 Å². The van der Waals surface area contributed by atoms with E-state index in [2.05, 4.69) is 5.10 Å². The van der Waals surface area contributed by atoms with Crippen LogP contribution >= 0.6 is 11.6 Å². The number of benzene rings is 1. The molecule has 2 aromatic rings. The van der Waals surface area contributed by atoms with Crippen molar-refractivity contribution in [3.05, 3.63) is 46.7 Å². The van der Waals surface area contributed by atoms with E-state index in [9.17, 15) is 9.59 Å². The summed E-state index contributed by atoms with van der Waals surface area (Å²) in [5.41, 5.74) is 1.81. The Morgan fingerprint density at radius 3 is 2.60 bits per heavy atom. The molecule has 2 rings (SSSR count). The summed E-state index contributed by atoms with van der Waals surface area (Å²) in [7, 11) is 0. The number of hydrogen-bond donors (Lipinski definition) is 1. The molecule has 1 aromatic heterocycles. The second-order valence-electron chi connectivity index (χ2n) is 6.30. The van der Waals surface area contributed by atoms with E-state index in [1.165, 1.54) is 6.20 Å². The zero-order chi connectivity index (χ0) is 18.6. The lowest BCUT2D eigenvalue weighted by molar-refractivity contribution is -0.137. The average molecular weight is 364 g/mol. The first-order valence-electron chi connectivity index (χ1n) is 8.11. The molecule has 0 aliphatic rings. The molecule has 0 aliphatic heterocycles. The molecule has 0 saturated carbocycles. The highest BCUT2D eigenvalue weighted by Crippen LogP contribution is 2.23. The molecule has 1 amide bonds. The second kappa shape index (κ2) is 8.16. The van der Waals surface area contributed by atoms with E-state index in [0.29, 0.717) is 28.5 Å². The zero-order valence-corrected chi connectivity index (χ0v) is 15.3. The van der Waals surface area contributed by atoms with E-state index < -0.39 is 5.97 Å². The Kier molecular flexibility index (Phi) is 6.20. The minimum Gasteiger partial charge on any atom is -0.481 e. The highest BCUT2D eigenvalue weighted by Gasteiger charge is 2.23. The topological polar surface area (TPSA) is 75.4 Å². The third kappa shape index (κ3) is 4.60. The molecule has 1 heterocycles. The smallest absolute Gasteiger partial charge is 0.305 e. The van der Waals surface area contributed by atoms with Gasteiger partial charge in [-0.25, -0.2) is 4.68 Å². The number of amides is 1. The van der Waals surface area contributed by atoms with Crippen LogP contribution in [0.25, 0.3) is 5.69 Å². The summed E-state index contributed by atoms with van der Waals surface area (Å²) in [4.78, 5) is 25.3. The van der Waals surface area contributed by atoms with Crippen molar-refractivity contribution in [3.63, 3.8) is 0 Å². The Morgan fingerprint density at radius 2 is 2.00 bits per heavy atom. The minimum absolute atomic E-state index is 0.0871. The first kappa shape index (κ1) is 19.0. The maximum atomic E-state index is 12.9. The van der Waals surface area contributed by atoms with Crippen LogP contribution in [0.5, 0.6) is 0 Å². The summed E-state index contributed by atoms with van der Waals surface area (Å²) in [6.45, 7) is 6.43. The van der Waals surface area contributed by atoms with Crippen molar-refractivity contribution < 1.29 is 14.7 Å². The van der Waals surface area contributed by atoms with Crippen molar-refractivity contribution in [2.75, 3.05) is 13.1 Å². The lowest BCUT2D eigenvalue weighted by Gasteiger charge is -2.24. The van der Waals surface area contributed by atoms with Crippen LogP contribution in [0.3, 0.4) is 0 Å². The van der Waals surface area contributed by atoms with Crippen LogP contribution < -0.4 is 0 Å². The monoisotopic (exact) mass is 363 g/mol. The molecule has 25 heavy (non-hydrogen) atoms. The maximum absolute atomic E-state index is 12.9. The van der Waals surface area contributed by atoms with E-state index in [0.717, 1.165) is 0 Å². The molecule has 0 saturated heterocycles. The second-order valence-corrected chi connectivity index (χ2v) is 6.70. The summed E-state index contributed by atoms with van der Waals surface area (Å²) in [6.07, 6.45) is 1.42. The number of para-hydroxylation sites is 1. The Morgan fingerprint density at radius 1 is 1.32 bits per heavy atom. The Bertz CT molecular complexity index is 771. The molecule has 0 aliphatic carbocycles. The summed E-state index contributed by atoms with van der Waals surface area (Å²) < 4.78 is 1.63. The number of carboxylic acid groups (broad SMARTS) is 1. The summed E-state index contributed by atoms with van der Waals surface area (Å²) in [6, 6.07) is 7.26. The molecule has 6 nitrogen and oxygen atoms in total. The van der Waals surface area contributed by atoms with Gasteiger partial charge in [0.1, 0.15) is 0 Å². The molecule has 0 fully saturated rings. The molecule has 0 spiro atoms. The van der Waals surface area contributed by atoms with Crippen LogP contribution in [-0.4, -0.2) is 44.8 Å². The number of aliphatic carboxylic acids is 1. The van der Waals surface area contributed by atoms with Gasteiger partial charge in [0.2, 0.25) is 0 Å². The van der Waals surface area contributed by atoms with Gasteiger partial charge in [-0.3, -0.25) is 9.59 Å². The Hall–Kier alpha value is -2.34. The van der Waals surface area contributed by atoms with Gasteiger partial charge in [-0.2, -0.15) is 5.10 Å². The molecule has 0 bridgehead atoms. The predicted octanol–water partition coefficient (Wildman–Crippen LogP) is 3.41. The first-order chi connectivity index (χ1) is 11.8. The number of carbonyl (C=O) groups is 2. The molecule has 0 atom stereocenters. The fourth-order valence-corrected chi connectivity index (χ4v) is 2.82. The fourth-order valence-electron chi connectivity index (χ4n) is 2.60. The largest absolute Gasteiger partial charge is 0.481 e. The number of carboxylic acids is 1. The van der Waals surface area contributed by atoms with Crippen molar-refractivity contribution in [2.24, 2.45) is 5.92 Å². The third-order valence-electron chi connectivity index (χ3n) is 3.79. The molecular formula is C18H22ClN3O3. The van der Waals surface area contributed by atoms with Gasteiger partial charge < -0.3 is 10.0 Å². The van der Waals surface area contributed by atoms with Crippen LogP contribution in [0.2, 0.25) is 5.02 Å². The summed E-state index contributed by atoms with van der Waals surface area (Å²) in [5.74, 6) is -0.910. The number of nitrogens with zero attached hydrogens (tertiary/aromatic N) is 3. The molecule has 0 radical (unpaired) electrons. The van der Waals surface area contributed by atoms with Crippen molar-refractivity contribution in [2.45, 2.75) is 27.2 Å². The van der Waals surface area contributed by atoms with Gasteiger partial charge in [-0.05, 0) is 25.0 Å². The molecule has 7 heteroatoms. The van der Waals surface area contributed by atoms with E-state index in [1.54, 1.807) is 22.6 Å². The van der Waals surface area contributed by atoms with Crippen LogP contribution in [0.1, 0.15) is 36.3 Å². The molecule has 1 N–H and O–H groups in total. The van der Waals surface area contributed by atoms with Crippen molar-refractivity contribution in [1.29, 1.82) is 0 Å². The number of rotatable bonds is 7. The van der Waals surface area contributed by atoms with Crippen molar-refractivity contribution in [1.82, 2.24) is 14.7 Å². The molecule has 1 aromatic carbocycles. The van der Waals surface area contributed by atoms with Crippen LogP contribution in [0, 0.1) is 12.8 Å². The van der Waals surface area contributed by atoms with E-state index in [-0.39, 0.29) is 24.8 Å². The number of halogens is 1. The minimum atomic E-state index is -0.926.